The summed E-state index contributed by atoms with van der Waals surface area (Å²) in [5.41, 5.74) is 0.216. The molecule has 0 saturated carbocycles. The zero-order chi connectivity index (χ0) is 18.5. The number of ether oxygens (including phenoxy) is 3. The van der Waals surface area contributed by atoms with Crippen molar-refractivity contribution in [3.8, 4) is 11.5 Å². The van der Waals surface area contributed by atoms with Crippen LogP contribution in [0.3, 0.4) is 0 Å². The zero-order valence-corrected chi connectivity index (χ0v) is 15.0. The van der Waals surface area contributed by atoms with Crippen LogP contribution in [0.1, 0.15) is 10.4 Å². The van der Waals surface area contributed by atoms with Crippen molar-refractivity contribution in [1.82, 2.24) is 5.32 Å². The average Bonchev–Trinajstić information content (AvgIpc) is 2.66. The molecular formula is C18H15Cl2NO5. The van der Waals surface area contributed by atoms with Crippen molar-refractivity contribution in [2.45, 2.75) is 6.10 Å². The van der Waals surface area contributed by atoms with Crippen LogP contribution in [0.4, 0.5) is 0 Å². The molecule has 136 valence electrons. The number of amides is 1. The van der Waals surface area contributed by atoms with Gasteiger partial charge in [0.25, 0.3) is 5.91 Å². The third-order valence-corrected chi connectivity index (χ3v) is 4.32. The number of hydrogen-bond acceptors (Lipinski definition) is 5. The van der Waals surface area contributed by atoms with Gasteiger partial charge in [-0.1, -0.05) is 35.3 Å². The van der Waals surface area contributed by atoms with Crippen molar-refractivity contribution < 1.29 is 23.8 Å². The smallest absolute Gasteiger partial charge is 0.338 e. The second kappa shape index (κ2) is 8.29. The first-order chi connectivity index (χ1) is 12.5. The number of hydrogen-bond donors (Lipinski definition) is 1. The maximum absolute atomic E-state index is 11.9. The number of rotatable bonds is 5. The summed E-state index contributed by atoms with van der Waals surface area (Å²) in [7, 11) is 0. The number of esters is 1. The number of halogens is 2. The van der Waals surface area contributed by atoms with Gasteiger partial charge in [0, 0.05) is 0 Å². The highest BCUT2D eigenvalue weighted by Gasteiger charge is 2.21. The van der Waals surface area contributed by atoms with Crippen molar-refractivity contribution in [3.63, 3.8) is 0 Å². The van der Waals surface area contributed by atoms with Crippen molar-refractivity contribution in [2.24, 2.45) is 0 Å². The van der Waals surface area contributed by atoms with Gasteiger partial charge >= 0.3 is 5.97 Å². The summed E-state index contributed by atoms with van der Waals surface area (Å²) in [6.45, 7) is 0.140. The molecule has 0 radical (unpaired) electrons. The van der Waals surface area contributed by atoms with Gasteiger partial charge in [-0.2, -0.15) is 0 Å². The Morgan fingerprint density at radius 1 is 1.12 bits per heavy atom. The van der Waals surface area contributed by atoms with E-state index in [0.29, 0.717) is 23.1 Å². The Bertz CT molecular complexity index is 827. The van der Waals surface area contributed by atoms with Gasteiger partial charge in [-0.05, 0) is 30.3 Å². The van der Waals surface area contributed by atoms with Gasteiger partial charge in [-0.25, -0.2) is 4.79 Å². The third kappa shape index (κ3) is 4.59. The summed E-state index contributed by atoms with van der Waals surface area (Å²) in [5.74, 6) is 0.195. The first-order valence-electron chi connectivity index (χ1n) is 7.80. The molecule has 1 N–H and O–H groups in total. The molecule has 0 aromatic heterocycles. The molecule has 0 bridgehead atoms. The van der Waals surface area contributed by atoms with Crippen LogP contribution >= 0.6 is 23.2 Å². The predicted molar refractivity (Wildman–Crippen MR) is 96.1 cm³/mol. The molecule has 0 aliphatic carbocycles. The van der Waals surface area contributed by atoms with Crippen molar-refractivity contribution in [3.05, 3.63) is 58.1 Å². The second-order valence-electron chi connectivity index (χ2n) is 5.51. The molecule has 3 rings (SSSR count). The largest absolute Gasteiger partial charge is 0.486 e. The number of nitrogens with one attached hydrogen (secondary N) is 1. The first kappa shape index (κ1) is 18.4. The van der Waals surface area contributed by atoms with E-state index in [1.54, 1.807) is 6.07 Å². The minimum Gasteiger partial charge on any atom is -0.486 e. The maximum atomic E-state index is 11.9. The van der Waals surface area contributed by atoms with Gasteiger partial charge in [0.15, 0.2) is 18.1 Å². The van der Waals surface area contributed by atoms with Crippen LogP contribution in [0.5, 0.6) is 11.5 Å². The van der Waals surface area contributed by atoms with E-state index in [-0.39, 0.29) is 23.2 Å². The summed E-state index contributed by atoms with van der Waals surface area (Å²) >= 11 is 11.6. The second-order valence-corrected chi connectivity index (χ2v) is 6.32. The van der Waals surface area contributed by atoms with Crippen LogP contribution in [-0.2, 0) is 9.53 Å². The van der Waals surface area contributed by atoms with Gasteiger partial charge < -0.3 is 19.5 Å². The van der Waals surface area contributed by atoms with Crippen molar-refractivity contribution >= 4 is 35.1 Å². The molecule has 2 aromatic rings. The molecule has 26 heavy (non-hydrogen) atoms. The van der Waals surface area contributed by atoms with Crippen LogP contribution < -0.4 is 14.8 Å². The normalized spacial score (nSPS) is 15.2. The predicted octanol–water partition coefficient (Wildman–Crippen LogP) is 3.11. The van der Waals surface area contributed by atoms with Crippen LogP contribution in [0.2, 0.25) is 10.0 Å². The lowest BCUT2D eigenvalue weighted by molar-refractivity contribution is -0.124. The van der Waals surface area contributed by atoms with E-state index in [1.807, 2.05) is 18.2 Å². The molecule has 0 saturated heterocycles. The summed E-state index contributed by atoms with van der Waals surface area (Å²) in [5, 5.41) is 3.21. The first-order valence-corrected chi connectivity index (χ1v) is 8.56. The van der Waals surface area contributed by atoms with Gasteiger partial charge in [0.05, 0.1) is 22.2 Å². The molecule has 1 atom stereocenters. The van der Waals surface area contributed by atoms with E-state index in [2.05, 4.69) is 5.32 Å². The summed E-state index contributed by atoms with van der Waals surface area (Å²) in [6.07, 6.45) is -0.320. The lowest BCUT2D eigenvalue weighted by atomic mass is 10.2. The molecule has 1 unspecified atom stereocenters. The fourth-order valence-electron chi connectivity index (χ4n) is 2.28. The van der Waals surface area contributed by atoms with Crippen LogP contribution in [-0.4, -0.2) is 37.7 Å². The number of benzene rings is 2. The monoisotopic (exact) mass is 395 g/mol. The Morgan fingerprint density at radius 3 is 2.65 bits per heavy atom. The topological polar surface area (TPSA) is 73.9 Å². The third-order valence-electron chi connectivity index (χ3n) is 3.58. The molecule has 8 heteroatoms. The van der Waals surface area contributed by atoms with Gasteiger partial charge in [0.1, 0.15) is 12.7 Å². The van der Waals surface area contributed by atoms with Gasteiger partial charge in [0.2, 0.25) is 0 Å². The molecule has 1 heterocycles. The highest BCUT2D eigenvalue weighted by molar-refractivity contribution is 6.42. The molecule has 2 aromatic carbocycles. The summed E-state index contributed by atoms with van der Waals surface area (Å²) in [6, 6.07) is 11.6. The minimum absolute atomic E-state index is 0.216. The van der Waals surface area contributed by atoms with E-state index in [9.17, 15) is 9.59 Å². The maximum Gasteiger partial charge on any atom is 0.338 e. The Morgan fingerprint density at radius 2 is 1.88 bits per heavy atom. The standard InChI is InChI=1S/C18H15Cl2NO5/c19-13-6-5-11(7-14(13)20)18(23)25-10-17(22)21-8-12-9-24-15-3-1-2-4-16(15)26-12/h1-7,12H,8-10H2,(H,21,22). The quantitative estimate of drug-likeness (QED) is 0.787. The van der Waals surface area contributed by atoms with E-state index in [1.165, 1.54) is 18.2 Å². The zero-order valence-electron chi connectivity index (χ0n) is 13.5. The van der Waals surface area contributed by atoms with E-state index >= 15 is 0 Å². The Labute approximate surface area is 159 Å². The molecule has 0 fully saturated rings. The highest BCUT2D eigenvalue weighted by Crippen LogP contribution is 2.30. The van der Waals surface area contributed by atoms with Crippen molar-refractivity contribution in [2.75, 3.05) is 19.8 Å². The SMILES string of the molecule is O=C(COC(=O)c1ccc(Cl)c(Cl)c1)NCC1COc2ccccc2O1. The highest BCUT2D eigenvalue weighted by atomic mass is 35.5. The number of para-hydroxylation sites is 2. The Balaban J connectivity index is 1.43. The molecular weight excluding hydrogens is 381 g/mol. The van der Waals surface area contributed by atoms with E-state index in [0.717, 1.165) is 0 Å². The van der Waals surface area contributed by atoms with Crippen molar-refractivity contribution in [1.29, 1.82) is 0 Å². The van der Waals surface area contributed by atoms with Gasteiger partial charge in [-0.3, -0.25) is 4.79 Å². The van der Waals surface area contributed by atoms with Crippen LogP contribution in [0, 0.1) is 0 Å². The lowest BCUT2D eigenvalue weighted by Crippen LogP contribution is -2.42. The molecule has 1 amide bonds. The molecule has 1 aliphatic heterocycles. The lowest BCUT2D eigenvalue weighted by Gasteiger charge is -2.26. The molecule has 0 spiro atoms. The van der Waals surface area contributed by atoms with Gasteiger partial charge in [-0.15, -0.1) is 0 Å². The van der Waals surface area contributed by atoms with E-state index in [4.69, 9.17) is 37.4 Å². The molecule has 1 aliphatic rings. The molecule has 6 nitrogen and oxygen atoms in total. The van der Waals surface area contributed by atoms with Crippen LogP contribution in [0.15, 0.2) is 42.5 Å². The van der Waals surface area contributed by atoms with E-state index < -0.39 is 18.5 Å². The number of carbonyl (C=O) groups excluding carboxylic acids is 2. The summed E-state index contributed by atoms with van der Waals surface area (Å²) in [4.78, 5) is 23.8. The average molecular weight is 396 g/mol. The Kier molecular flexibility index (Phi) is 5.85. The minimum atomic E-state index is -0.662. The summed E-state index contributed by atoms with van der Waals surface area (Å²) < 4.78 is 16.2. The number of carbonyl (C=O) groups is 2. The number of fused-ring (bicyclic) bond motifs is 1. The Hall–Kier alpha value is -2.44. The fourth-order valence-corrected chi connectivity index (χ4v) is 2.58. The van der Waals surface area contributed by atoms with Crippen LogP contribution in [0.25, 0.3) is 0 Å². The fraction of sp³-hybridized carbons (Fsp3) is 0.222.